The van der Waals surface area contributed by atoms with Gasteiger partial charge in [0.2, 0.25) is 0 Å². The first kappa shape index (κ1) is 14.8. The molecule has 2 heterocycles. The Morgan fingerprint density at radius 1 is 0.920 bits per heavy atom. The maximum atomic E-state index is 5.83. The van der Waals surface area contributed by atoms with Gasteiger partial charge in [-0.1, -0.05) is 30.2 Å². The van der Waals surface area contributed by atoms with E-state index in [0.29, 0.717) is 11.5 Å². The van der Waals surface area contributed by atoms with E-state index in [4.69, 9.17) is 5.73 Å². The molecule has 0 unspecified atom stereocenters. The fraction of sp³-hybridized carbons (Fsp3) is 0. The van der Waals surface area contributed by atoms with Gasteiger partial charge in [0.15, 0.2) is 0 Å². The van der Waals surface area contributed by atoms with E-state index < -0.39 is 0 Å². The quantitative estimate of drug-likeness (QED) is 0.388. The molecule has 0 aliphatic rings. The van der Waals surface area contributed by atoms with Gasteiger partial charge in [0.05, 0.1) is 11.1 Å². The Morgan fingerprint density at radius 2 is 1.80 bits per heavy atom. The third kappa shape index (κ3) is 3.28. The summed E-state index contributed by atoms with van der Waals surface area (Å²) in [5, 5.41) is 4.15. The number of nitrogens with one attached hydrogen (secondary N) is 2. The van der Waals surface area contributed by atoms with Gasteiger partial charge in [0.1, 0.15) is 17.8 Å². The molecule has 0 radical (unpaired) electrons. The summed E-state index contributed by atoms with van der Waals surface area (Å²) in [6.45, 7) is 0. The maximum absolute atomic E-state index is 5.83. The molecular formula is C20H15N5. The van der Waals surface area contributed by atoms with Crippen LogP contribution in [0.5, 0.6) is 0 Å². The second-order valence-corrected chi connectivity index (χ2v) is 5.53. The van der Waals surface area contributed by atoms with Crippen molar-refractivity contribution < 1.29 is 0 Å². The number of hydrogen-bond donors (Lipinski definition) is 3. The molecule has 0 fully saturated rings. The van der Waals surface area contributed by atoms with Crippen molar-refractivity contribution in [3.8, 4) is 11.8 Å². The summed E-state index contributed by atoms with van der Waals surface area (Å²) >= 11 is 0. The predicted octanol–water partition coefficient (Wildman–Crippen LogP) is 3.68. The number of anilines is 3. The molecule has 0 saturated carbocycles. The molecule has 0 aliphatic heterocycles. The van der Waals surface area contributed by atoms with Crippen LogP contribution >= 0.6 is 0 Å². The number of fused-ring (bicyclic) bond motifs is 1. The summed E-state index contributed by atoms with van der Waals surface area (Å²) in [7, 11) is 0. The number of nitrogens with two attached hydrogens (primary N) is 1. The van der Waals surface area contributed by atoms with Gasteiger partial charge in [-0.3, -0.25) is 0 Å². The van der Waals surface area contributed by atoms with E-state index in [9.17, 15) is 0 Å². The number of aromatic amines is 1. The molecule has 0 atom stereocenters. The molecule has 2 aromatic heterocycles. The van der Waals surface area contributed by atoms with E-state index in [0.717, 1.165) is 28.0 Å². The number of hydrogen-bond acceptors (Lipinski definition) is 4. The van der Waals surface area contributed by atoms with Gasteiger partial charge >= 0.3 is 0 Å². The van der Waals surface area contributed by atoms with Crippen molar-refractivity contribution >= 4 is 28.2 Å². The maximum Gasteiger partial charge on any atom is 0.143 e. The highest BCUT2D eigenvalue weighted by molar-refractivity contribution is 5.90. The van der Waals surface area contributed by atoms with Gasteiger partial charge < -0.3 is 16.0 Å². The monoisotopic (exact) mass is 325 g/mol. The highest BCUT2D eigenvalue weighted by Gasteiger charge is 2.07. The van der Waals surface area contributed by atoms with Crippen LogP contribution in [0, 0.1) is 11.8 Å². The van der Waals surface area contributed by atoms with Gasteiger partial charge in [-0.2, -0.15) is 0 Å². The van der Waals surface area contributed by atoms with Crippen LogP contribution in [0.1, 0.15) is 11.3 Å². The van der Waals surface area contributed by atoms with Crippen LogP contribution in [0.3, 0.4) is 0 Å². The molecule has 4 N–H and O–H groups in total. The van der Waals surface area contributed by atoms with E-state index in [1.165, 1.54) is 6.33 Å². The van der Waals surface area contributed by atoms with Gasteiger partial charge in [-0.05, 0) is 42.3 Å². The largest absolute Gasteiger partial charge is 0.399 e. The van der Waals surface area contributed by atoms with Crippen LogP contribution in [0.4, 0.5) is 17.2 Å². The van der Waals surface area contributed by atoms with Crippen molar-refractivity contribution in [2.75, 3.05) is 11.1 Å². The van der Waals surface area contributed by atoms with Crippen LogP contribution in [-0.4, -0.2) is 15.0 Å². The Morgan fingerprint density at radius 3 is 2.64 bits per heavy atom. The van der Waals surface area contributed by atoms with Crippen LogP contribution < -0.4 is 11.1 Å². The van der Waals surface area contributed by atoms with Crippen molar-refractivity contribution in [1.82, 2.24) is 15.0 Å². The number of rotatable bonds is 2. The zero-order valence-corrected chi connectivity index (χ0v) is 13.3. The molecule has 4 aromatic rings. The molecule has 0 spiro atoms. The number of benzene rings is 2. The van der Waals surface area contributed by atoms with Crippen molar-refractivity contribution in [1.29, 1.82) is 0 Å². The van der Waals surface area contributed by atoms with Crippen molar-refractivity contribution in [2.24, 2.45) is 0 Å². The van der Waals surface area contributed by atoms with Crippen molar-refractivity contribution in [3.05, 3.63) is 78.2 Å². The first-order valence-corrected chi connectivity index (χ1v) is 7.81. The molecule has 0 saturated heterocycles. The smallest absolute Gasteiger partial charge is 0.143 e. The molecule has 5 nitrogen and oxygen atoms in total. The molecule has 2 aromatic carbocycles. The molecule has 25 heavy (non-hydrogen) atoms. The zero-order valence-electron chi connectivity index (χ0n) is 13.3. The minimum atomic E-state index is 0.693. The van der Waals surface area contributed by atoms with Gasteiger partial charge in [0, 0.05) is 16.9 Å². The molecule has 5 heteroatoms. The average Bonchev–Trinajstić information content (AvgIpc) is 3.05. The van der Waals surface area contributed by atoms with Gasteiger partial charge in [0.25, 0.3) is 0 Å². The first-order chi connectivity index (χ1) is 12.3. The Hall–Kier alpha value is -3.78. The molecule has 120 valence electrons. The average molecular weight is 325 g/mol. The summed E-state index contributed by atoms with van der Waals surface area (Å²) < 4.78 is 0. The van der Waals surface area contributed by atoms with Crippen LogP contribution in [-0.2, 0) is 0 Å². The predicted molar refractivity (Wildman–Crippen MR) is 100 cm³/mol. The Balaban J connectivity index is 1.68. The second kappa shape index (κ2) is 6.38. The number of nitrogens with zero attached hydrogens (tertiary/aromatic N) is 2. The summed E-state index contributed by atoms with van der Waals surface area (Å²) in [6.07, 6.45) is 1.52. The second-order valence-electron chi connectivity index (χ2n) is 5.53. The number of aromatic nitrogens is 3. The number of H-pyrrole nitrogens is 1. The fourth-order valence-corrected chi connectivity index (χ4v) is 2.52. The SMILES string of the molecule is Nc1cccc(Nc2ncnc3[nH]c(C#Cc4ccccc4)cc23)c1. The number of nitrogen functional groups attached to an aromatic ring is 1. The normalized spacial score (nSPS) is 10.2. The van der Waals surface area contributed by atoms with Gasteiger partial charge in [-0.15, -0.1) is 0 Å². The highest BCUT2D eigenvalue weighted by atomic mass is 15.0. The Bertz CT molecular complexity index is 1090. The Kier molecular flexibility index (Phi) is 3.77. The van der Waals surface area contributed by atoms with Crippen LogP contribution in [0.25, 0.3) is 11.0 Å². The molecule has 0 bridgehead atoms. The zero-order chi connectivity index (χ0) is 17.1. The lowest BCUT2D eigenvalue weighted by atomic mass is 10.2. The summed E-state index contributed by atoms with van der Waals surface area (Å²) in [6, 6.07) is 19.3. The molecular weight excluding hydrogens is 310 g/mol. The minimum absolute atomic E-state index is 0.693. The van der Waals surface area contributed by atoms with E-state index >= 15 is 0 Å². The minimum Gasteiger partial charge on any atom is -0.399 e. The van der Waals surface area contributed by atoms with E-state index in [1.54, 1.807) is 0 Å². The first-order valence-electron chi connectivity index (χ1n) is 7.81. The third-order valence-corrected chi connectivity index (χ3v) is 3.69. The van der Waals surface area contributed by atoms with E-state index in [1.807, 2.05) is 60.7 Å². The van der Waals surface area contributed by atoms with Crippen molar-refractivity contribution in [2.45, 2.75) is 0 Å². The topological polar surface area (TPSA) is 79.6 Å². The third-order valence-electron chi connectivity index (χ3n) is 3.69. The lowest BCUT2D eigenvalue weighted by Crippen LogP contribution is -1.95. The van der Waals surface area contributed by atoms with Crippen LogP contribution in [0.15, 0.2) is 67.0 Å². The summed E-state index contributed by atoms with van der Waals surface area (Å²) in [4.78, 5) is 11.8. The lowest BCUT2D eigenvalue weighted by molar-refractivity contribution is 1.20. The molecule has 0 aliphatic carbocycles. The Labute approximate surface area is 144 Å². The van der Waals surface area contributed by atoms with E-state index in [2.05, 4.69) is 32.1 Å². The summed E-state index contributed by atoms with van der Waals surface area (Å²) in [5.74, 6) is 6.97. The molecule has 4 rings (SSSR count). The fourth-order valence-electron chi connectivity index (χ4n) is 2.52. The lowest BCUT2D eigenvalue weighted by Gasteiger charge is -2.06. The van der Waals surface area contributed by atoms with Crippen molar-refractivity contribution in [3.63, 3.8) is 0 Å². The van der Waals surface area contributed by atoms with Gasteiger partial charge in [-0.25, -0.2) is 9.97 Å². The standard InChI is InChI=1S/C20H15N5/c21-15-7-4-8-16(11-15)24-19-18-12-17(25-20(18)23-13-22-19)10-9-14-5-2-1-3-6-14/h1-8,11-13H,21H2,(H2,22,23,24,25). The van der Waals surface area contributed by atoms with Crippen LogP contribution in [0.2, 0.25) is 0 Å². The molecule has 0 amide bonds. The van der Waals surface area contributed by atoms with E-state index in [-0.39, 0.29) is 0 Å². The summed E-state index contributed by atoms with van der Waals surface area (Å²) in [5.41, 5.74) is 9.88. The highest BCUT2D eigenvalue weighted by Crippen LogP contribution is 2.24.